The minimum absolute atomic E-state index is 0.0164. The molecule has 0 aliphatic heterocycles. The Morgan fingerprint density at radius 1 is 0.800 bits per heavy atom. The lowest BCUT2D eigenvalue weighted by molar-refractivity contribution is 0.0844. The van der Waals surface area contributed by atoms with Gasteiger partial charge in [-0.1, -0.05) is 47.6 Å². The molecule has 1 aromatic carbocycles. The fraction of sp³-hybridized carbons (Fsp3) is 0.720. The van der Waals surface area contributed by atoms with Crippen molar-refractivity contribution in [2.75, 3.05) is 0 Å². The molecular formula is C25H44AlNO3. The van der Waals surface area contributed by atoms with Crippen molar-refractivity contribution in [3.8, 4) is 5.75 Å². The van der Waals surface area contributed by atoms with E-state index in [0.717, 1.165) is 16.9 Å². The molecule has 4 nitrogen and oxygen atoms in total. The second kappa shape index (κ2) is 10.2. The van der Waals surface area contributed by atoms with Crippen LogP contribution in [0.3, 0.4) is 0 Å². The molecule has 0 atom stereocenters. The molecule has 0 heterocycles. The van der Waals surface area contributed by atoms with Gasteiger partial charge < -0.3 is 11.4 Å². The monoisotopic (exact) mass is 433 g/mol. The zero-order valence-electron chi connectivity index (χ0n) is 21.6. The third-order valence-corrected chi connectivity index (χ3v) is 6.32. The number of hydrogen-bond acceptors (Lipinski definition) is 4. The molecule has 0 radical (unpaired) electrons. The van der Waals surface area contributed by atoms with Gasteiger partial charge in [-0.15, -0.1) is 0 Å². The normalized spacial score (nSPS) is 13.6. The van der Waals surface area contributed by atoms with Crippen molar-refractivity contribution in [2.45, 2.75) is 119 Å². The Bertz CT molecular complexity index is 710. The predicted molar refractivity (Wildman–Crippen MR) is 130 cm³/mol. The molecule has 0 amide bonds. The molecule has 0 aliphatic carbocycles. The van der Waals surface area contributed by atoms with E-state index in [9.17, 15) is 0 Å². The zero-order chi connectivity index (χ0) is 23.5. The largest absolute Gasteiger partial charge is 1.00 e. The van der Waals surface area contributed by atoms with E-state index in [1.165, 1.54) is 5.56 Å². The molecule has 1 rings (SSSR count). The van der Waals surface area contributed by atoms with Gasteiger partial charge in [0, 0.05) is 24.0 Å². The average Bonchev–Trinajstić information content (AvgIpc) is 2.49. The standard InChI is InChI=1S/C19H31NO.2C3H7O.Al/c1-17(2,3)14-10-13(12-20-19(7,8)9)16(21)15(11-14)18(4,5)6;2*1-3(2)4;/h10-12,21H,1-9H3;2*3H,1-2H3;/q;2*-1;+3/p-1. The number of aliphatic imine (C=N–C) groups is 1. The molecule has 5 heteroatoms. The van der Waals surface area contributed by atoms with E-state index in [2.05, 4.69) is 74.4 Å². The highest BCUT2D eigenvalue weighted by Crippen LogP contribution is 2.38. The Morgan fingerprint density at radius 3 is 1.67 bits per heavy atom. The molecular weight excluding hydrogens is 389 g/mol. The Balaban J connectivity index is 3.70. The fourth-order valence-corrected chi connectivity index (χ4v) is 4.28. The molecule has 0 saturated heterocycles. The summed E-state index contributed by atoms with van der Waals surface area (Å²) in [7, 11) is 0. The first kappa shape index (κ1) is 27.2. The molecule has 0 aromatic heterocycles. The van der Waals surface area contributed by atoms with Crippen molar-refractivity contribution in [1.82, 2.24) is 0 Å². The maximum absolute atomic E-state index is 6.56. The second-order valence-electron chi connectivity index (χ2n) is 11.6. The minimum atomic E-state index is -2.39. The third kappa shape index (κ3) is 9.10. The molecule has 0 spiro atoms. The molecule has 0 unspecified atom stereocenters. The van der Waals surface area contributed by atoms with Crippen LogP contribution in [0.5, 0.6) is 5.75 Å². The number of hydrogen-bond donors (Lipinski definition) is 0. The summed E-state index contributed by atoms with van der Waals surface area (Å²) in [6, 6.07) is 4.48. The number of benzene rings is 1. The Morgan fingerprint density at radius 2 is 1.30 bits per heavy atom. The van der Waals surface area contributed by atoms with Gasteiger partial charge in [-0.25, -0.2) is 0 Å². The Kier molecular flexibility index (Phi) is 9.22. The molecule has 30 heavy (non-hydrogen) atoms. The van der Waals surface area contributed by atoms with Crippen LogP contribution in [-0.4, -0.2) is 39.1 Å². The molecule has 0 aliphatic rings. The first-order chi connectivity index (χ1) is 13.4. The van der Waals surface area contributed by atoms with Gasteiger partial charge in [-0.2, -0.15) is 0 Å². The highest BCUT2D eigenvalue weighted by molar-refractivity contribution is 6.37. The van der Waals surface area contributed by atoms with Crippen LogP contribution in [-0.2, 0) is 18.4 Å². The average molecular weight is 434 g/mol. The SMILES string of the molecule is CC(C)[O][Al]([O]c1c(C=NC(C)(C)C)cc(C(C)(C)C)cc1C(C)(C)C)[O]C(C)C. The van der Waals surface area contributed by atoms with Gasteiger partial charge >= 0.3 is 15.1 Å². The molecule has 1 aromatic rings. The third-order valence-electron chi connectivity index (χ3n) is 4.36. The zero-order valence-corrected chi connectivity index (χ0v) is 22.8. The van der Waals surface area contributed by atoms with Crippen LogP contribution in [0, 0.1) is 0 Å². The van der Waals surface area contributed by atoms with Crippen LogP contribution in [0.25, 0.3) is 0 Å². The quantitative estimate of drug-likeness (QED) is 0.354. The van der Waals surface area contributed by atoms with Crippen LogP contribution in [0.2, 0.25) is 0 Å². The summed E-state index contributed by atoms with van der Waals surface area (Å²) in [6.45, 7) is 27.7. The van der Waals surface area contributed by atoms with Gasteiger partial charge in [-0.3, -0.25) is 4.99 Å². The number of rotatable bonds is 7. The topological polar surface area (TPSA) is 40.0 Å². The van der Waals surface area contributed by atoms with Gasteiger partial charge in [0.25, 0.3) is 0 Å². The van der Waals surface area contributed by atoms with Gasteiger partial charge in [0.1, 0.15) is 0 Å². The molecule has 0 fully saturated rings. The smallest absolute Gasteiger partial charge is 0.598 e. The van der Waals surface area contributed by atoms with Crippen molar-refractivity contribution in [3.05, 3.63) is 28.8 Å². The van der Waals surface area contributed by atoms with E-state index >= 15 is 0 Å². The van der Waals surface area contributed by atoms with Crippen molar-refractivity contribution >= 4 is 21.4 Å². The van der Waals surface area contributed by atoms with E-state index in [0.29, 0.717) is 0 Å². The lowest BCUT2D eigenvalue weighted by atomic mass is 9.79. The van der Waals surface area contributed by atoms with Crippen LogP contribution in [0.4, 0.5) is 0 Å². The van der Waals surface area contributed by atoms with Crippen molar-refractivity contribution in [3.63, 3.8) is 0 Å². The maximum Gasteiger partial charge on any atom is 1.00 e. The molecule has 0 N–H and O–H groups in total. The van der Waals surface area contributed by atoms with Gasteiger partial charge in [0.05, 0.1) is 11.3 Å². The van der Waals surface area contributed by atoms with Crippen molar-refractivity contribution in [1.29, 1.82) is 0 Å². The minimum Gasteiger partial charge on any atom is -0.598 e. The summed E-state index contributed by atoms with van der Waals surface area (Å²) in [5.74, 6) is 0.835. The van der Waals surface area contributed by atoms with Crippen LogP contribution in [0.1, 0.15) is 107 Å². The van der Waals surface area contributed by atoms with E-state index in [1.54, 1.807) is 0 Å². The second-order valence-corrected chi connectivity index (χ2v) is 13.0. The Labute approximate surface area is 190 Å². The summed E-state index contributed by atoms with van der Waals surface area (Å²) >= 11 is -2.39. The summed E-state index contributed by atoms with van der Waals surface area (Å²) in [6.07, 6.45) is 2.04. The van der Waals surface area contributed by atoms with Gasteiger partial charge in [-0.05, 0) is 76.5 Å². The lowest BCUT2D eigenvalue weighted by Crippen LogP contribution is -2.36. The van der Waals surface area contributed by atoms with E-state index in [-0.39, 0.29) is 28.6 Å². The highest BCUT2D eigenvalue weighted by atomic mass is 27.3. The predicted octanol–water partition coefficient (Wildman–Crippen LogP) is 6.71. The summed E-state index contributed by atoms with van der Waals surface area (Å²) < 4.78 is 18.7. The van der Waals surface area contributed by atoms with Gasteiger partial charge in [0.15, 0.2) is 0 Å². The van der Waals surface area contributed by atoms with Crippen LogP contribution >= 0.6 is 0 Å². The van der Waals surface area contributed by atoms with E-state index in [4.69, 9.17) is 16.4 Å². The number of nitrogens with zero attached hydrogens (tertiary/aromatic N) is 1. The van der Waals surface area contributed by atoms with Gasteiger partial charge in [0.2, 0.25) is 0 Å². The molecule has 0 bridgehead atoms. The Hall–Kier alpha value is -0.858. The van der Waals surface area contributed by atoms with Crippen molar-refractivity contribution in [2.24, 2.45) is 4.99 Å². The van der Waals surface area contributed by atoms with Crippen molar-refractivity contribution < 1.29 is 11.4 Å². The van der Waals surface area contributed by atoms with Crippen LogP contribution < -0.4 is 3.79 Å². The van der Waals surface area contributed by atoms with Crippen LogP contribution in [0.15, 0.2) is 17.1 Å². The summed E-state index contributed by atoms with van der Waals surface area (Å²) in [5, 5.41) is 0. The first-order valence-electron chi connectivity index (χ1n) is 11.1. The maximum atomic E-state index is 6.56. The highest BCUT2D eigenvalue weighted by Gasteiger charge is 2.40. The van der Waals surface area contributed by atoms with E-state index < -0.39 is 15.1 Å². The van der Waals surface area contributed by atoms with E-state index in [1.807, 2.05) is 33.9 Å². The fourth-order valence-electron chi connectivity index (χ4n) is 2.76. The molecule has 0 saturated carbocycles. The lowest BCUT2D eigenvalue weighted by Gasteiger charge is -2.30. The first-order valence-corrected chi connectivity index (χ1v) is 12.5. The summed E-state index contributed by atoms with van der Waals surface area (Å²) in [5.41, 5.74) is 3.15. The summed E-state index contributed by atoms with van der Waals surface area (Å²) in [4.78, 5) is 4.79. The molecule has 170 valence electrons.